The highest BCUT2D eigenvalue weighted by atomic mass is 16.7. The highest BCUT2D eigenvalue weighted by Gasteiger charge is 2.48. The van der Waals surface area contributed by atoms with E-state index in [1.807, 2.05) is 0 Å². The summed E-state index contributed by atoms with van der Waals surface area (Å²) >= 11 is 0. The van der Waals surface area contributed by atoms with Gasteiger partial charge in [0.2, 0.25) is 12.1 Å². The summed E-state index contributed by atoms with van der Waals surface area (Å²) in [7, 11) is 0. The van der Waals surface area contributed by atoms with Gasteiger partial charge in [0.25, 0.3) is 0 Å². The fourth-order valence-electron chi connectivity index (χ4n) is 5.27. The lowest BCUT2D eigenvalue weighted by atomic mass is 9.85. The van der Waals surface area contributed by atoms with Crippen molar-refractivity contribution in [3.8, 4) is 23.0 Å². The minimum Gasteiger partial charge on any atom is -0.508 e. The predicted octanol–water partition coefficient (Wildman–Crippen LogP) is -1.67. The predicted molar refractivity (Wildman–Crippen MR) is 141 cm³/mol. The number of benzene rings is 2. The van der Waals surface area contributed by atoms with Crippen molar-refractivity contribution in [1.29, 1.82) is 0 Å². The Morgan fingerprint density at radius 1 is 0.767 bits per heavy atom. The molecule has 0 radical (unpaired) electrons. The van der Waals surface area contributed by atoms with Crippen LogP contribution in [0.4, 0.5) is 0 Å². The third-order valence-electron chi connectivity index (χ3n) is 7.72. The molecule has 0 amide bonds. The fourth-order valence-corrected chi connectivity index (χ4v) is 5.27. The first-order valence-corrected chi connectivity index (χ1v) is 13.3. The Morgan fingerprint density at radius 2 is 1.44 bits per heavy atom. The molecule has 0 unspecified atom stereocenters. The van der Waals surface area contributed by atoms with Crippen molar-refractivity contribution in [2.75, 3.05) is 6.61 Å². The number of aliphatic hydroxyl groups excluding tert-OH is 6. The second-order valence-electron chi connectivity index (χ2n) is 10.7. The van der Waals surface area contributed by atoms with Crippen LogP contribution in [0.1, 0.15) is 28.4 Å². The Labute approximate surface area is 243 Å². The van der Waals surface area contributed by atoms with Crippen LogP contribution in [0.15, 0.2) is 36.1 Å². The lowest BCUT2D eigenvalue weighted by Crippen LogP contribution is -2.61. The number of hydrogen-bond donors (Lipinski definition) is 10. The van der Waals surface area contributed by atoms with Gasteiger partial charge in [-0.25, -0.2) is 0 Å². The molecule has 2 aromatic carbocycles. The van der Waals surface area contributed by atoms with E-state index in [2.05, 4.69) is 0 Å². The van der Waals surface area contributed by atoms with E-state index in [0.29, 0.717) is 0 Å². The van der Waals surface area contributed by atoms with Crippen LogP contribution in [-0.4, -0.2) is 125 Å². The smallest absolute Gasteiger partial charge is 0.232 e. The summed E-state index contributed by atoms with van der Waals surface area (Å²) in [6.07, 6.45) is -16.0. The summed E-state index contributed by atoms with van der Waals surface area (Å²) in [6.45, 7) is 0.861. The number of carbonyl (C=O) groups excluding carboxylic acids is 1. The third kappa shape index (κ3) is 5.74. The molecule has 2 fully saturated rings. The van der Waals surface area contributed by atoms with Gasteiger partial charge < -0.3 is 70.0 Å². The summed E-state index contributed by atoms with van der Waals surface area (Å²) in [5.41, 5.74) is 0.277. The second kappa shape index (κ2) is 11.9. The first-order chi connectivity index (χ1) is 20.3. The van der Waals surface area contributed by atoms with Gasteiger partial charge in [0.05, 0.1) is 18.3 Å². The van der Waals surface area contributed by atoms with E-state index in [-0.39, 0.29) is 34.4 Å². The Kier molecular flexibility index (Phi) is 8.54. The summed E-state index contributed by atoms with van der Waals surface area (Å²) in [6, 6.07) is 5.87. The lowest BCUT2D eigenvalue weighted by molar-refractivity contribution is -0.323. The molecule has 15 heteroatoms. The zero-order valence-electron chi connectivity index (χ0n) is 22.6. The van der Waals surface area contributed by atoms with Gasteiger partial charge in [0.15, 0.2) is 23.5 Å². The number of carbonyl (C=O) groups is 1. The minimum absolute atomic E-state index is 0.0993. The quantitative estimate of drug-likeness (QED) is 0.164. The maximum absolute atomic E-state index is 13.6. The average molecular weight is 609 g/mol. The molecule has 15 nitrogen and oxygen atoms in total. The molecule has 2 aromatic rings. The molecule has 5 rings (SSSR count). The zero-order chi connectivity index (χ0) is 31.3. The first-order valence-electron chi connectivity index (χ1n) is 13.3. The molecule has 10 N–H and O–H groups in total. The van der Waals surface area contributed by atoms with Gasteiger partial charge in [-0.3, -0.25) is 4.79 Å². The van der Waals surface area contributed by atoms with Gasteiger partial charge >= 0.3 is 0 Å². The summed E-state index contributed by atoms with van der Waals surface area (Å²) in [5, 5.41) is 102. The van der Waals surface area contributed by atoms with Gasteiger partial charge in [-0.1, -0.05) is 6.07 Å². The van der Waals surface area contributed by atoms with Crippen LogP contribution in [0.25, 0.3) is 5.57 Å². The number of fused-ring (bicyclic) bond motifs is 1. The number of hydrogen-bond acceptors (Lipinski definition) is 15. The van der Waals surface area contributed by atoms with Crippen molar-refractivity contribution in [2.24, 2.45) is 0 Å². The standard InChI is InChI=1S/C28H32O15/c1-9-19(33)22(36)24(38)27(41-9)40-8-17-20(34)23(37)25(39)28(42-17)43-26-13(10-2-3-14(30)15(31)6-10)5-11-4-12(29)7-16(32)18(11)21(26)35/h2-4,6-7,9,17,19-20,22-25,27-34,36-39H,5,8H2,1H3/t9-,17+,19-,20+,22+,23-,24+,25+,27+,28-/m0/s1. The average Bonchev–Trinajstić information content (AvgIpc) is 2.96. The minimum atomic E-state index is -1.91. The molecule has 0 spiro atoms. The van der Waals surface area contributed by atoms with Gasteiger partial charge in [-0.15, -0.1) is 0 Å². The topological polar surface area (TPSA) is 256 Å². The molecule has 2 heterocycles. The number of phenolic OH excluding ortho intramolecular Hbond substituents is 4. The van der Waals surface area contributed by atoms with Crippen LogP contribution in [0.3, 0.4) is 0 Å². The van der Waals surface area contributed by atoms with E-state index < -0.39 is 96.8 Å². The normalized spacial score (nSPS) is 34.6. The van der Waals surface area contributed by atoms with Crippen molar-refractivity contribution in [3.05, 3.63) is 52.8 Å². The summed E-state index contributed by atoms with van der Waals surface area (Å²) in [5.74, 6) is -3.22. The van der Waals surface area contributed by atoms with E-state index in [1.165, 1.54) is 19.1 Å². The molecule has 3 aliphatic rings. The molecule has 2 saturated heterocycles. The SMILES string of the molecule is C[C@@H]1O[C@@H](OC[C@H]2O[C@@H](OC3=C(c4ccc(O)c(O)c4)Cc4cc(O)cc(O)c4C3=O)[C@H](O)[C@@H](O)[C@@H]2O)[C@H](O)[C@H](O)[C@H]1O. The van der Waals surface area contributed by atoms with Crippen LogP contribution in [0.2, 0.25) is 0 Å². The lowest BCUT2D eigenvalue weighted by Gasteiger charge is -2.42. The van der Waals surface area contributed by atoms with Crippen molar-refractivity contribution in [3.63, 3.8) is 0 Å². The van der Waals surface area contributed by atoms with E-state index in [9.17, 15) is 55.9 Å². The molecular weight excluding hydrogens is 576 g/mol. The number of ether oxygens (including phenoxy) is 4. The van der Waals surface area contributed by atoms with Crippen LogP contribution in [0, 0.1) is 0 Å². The Bertz CT molecular complexity index is 1410. The Hall–Kier alpha value is -3.51. The number of phenols is 4. The van der Waals surface area contributed by atoms with Crippen molar-refractivity contribution >= 4 is 11.4 Å². The molecule has 0 saturated carbocycles. The molecule has 234 valence electrons. The van der Waals surface area contributed by atoms with Crippen molar-refractivity contribution < 1.29 is 74.8 Å². The fraction of sp³-hybridized carbons (Fsp3) is 0.464. The number of rotatable bonds is 6. The summed E-state index contributed by atoms with van der Waals surface area (Å²) < 4.78 is 22.3. The number of aliphatic hydroxyl groups is 6. The molecule has 0 bridgehead atoms. The van der Waals surface area contributed by atoms with E-state index in [1.54, 1.807) is 0 Å². The van der Waals surface area contributed by atoms with Crippen LogP contribution < -0.4 is 0 Å². The van der Waals surface area contributed by atoms with Gasteiger partial charge in [0.1, 0.15) is 54.2 Å². The van der Waals surface area contributed by atoms with Crippen molar-refractivity contribution in [2.45, 2.75) is 74.8 Å². The molecule has 10 atom stereocenters. The Morgan fingerprint density at radius 3 is 2.14 bits per heavy atom. The van der Waals surface area contributed by atoms with E-state index in [0.717, 1.165) is 18.2 Å². The molecule has 1 aliphatic carbocycles. The van der Waals surface area contributed by atoms with Crippen LogP contribution in [-0.2, 0) is 25.4 Å². The van der Waals surface area contributed by atoms with E-state index >= 15 is 0 Å². The molecule has 0 aromatic heterocycles. The largest absolute Gasteiger partial charge is 0.508 e. The number of ketones is 1. The zero-order valence-corrected chi connectivity index (χ0v) is 22.6. The maximum atomic E-state index is 13.6. The summed E-state index contributed by atoms with van der Waals surface area (Å²) in [4.78, 5) is 13.6. The highest BCUT2D eigenvalue weighted by molar-refractivity contribution is 6.16. The van der Waals surface area contributed by atoms with Crippen molar-refractivity contribution in [1.82, 2.24) is 0 Å². The van der Waals surface area contributed by atoms with Crippen LogP contribution in [0.5, 0.6) is 23.0 Å². The van der Waals surface area contributed by atoms with E-state index in [4.69, 9.17) is 18.9 Å². The highest BCUT2D eigenvalue weighted by Crippen LogP contribution is 2.41. The monoisotopic (exact) mass is 608 g/mol. The van der Waals surface area contributed by atoms with Gasteiger partial charge in [-0.2, -0.15) is 0 Å². The maximum Gasteiger partial charge on any atom is 0.232 e. The van der Waals surface area contributed by atoms with Crippen LogP contribution >= 0.6 is 0 Å². The molecular formula is C28H32O15. The van der Waals surface area contributed by atoms with Gasteiger partial charge in [-0.05, 0) is 36.2 Å². The number of Topliss-reactive ketones (excluding diaryl/α,β-unsaturated/α-hetero) is 1. The Balaban J connectivity index is 1.44. The third-order valence-corrected chi connectivity index (χ3v) is 7.72. The molecule has 43 heavy (non-hydrogen) atoms. The second-order valence-corrected chi connectivity index (χ2v) is 10.7. The number of aromatic hydroxyl groups is 4. The molecule has 2 aliphatic heterocycles. The number of allylic oxidation sites excluding steroid dienone is 2. The first kappa shape index (κ1) is 30.9. The van der Waals surface area contributed by atoms with Gasteiger partial charge in [0, 0.05) is 18.1 Å².